The average Bonchev–Trinajstić information content (AvgIpc) is 3.03. The molecule has 2 fully saturated rings. The van der Waals surface area contributed by atoms with Crippen molar-refractivity contribution in [1.29, 1.82) is 0 Å². The van der Waals surface area contributed by atoms with Crippen LogP contribution in [0.5, 0.6) is 0 Å². The van der Waals surface area contributed by atoms with Crippen LogP contribution in [0.4, 0.5) is 0 Å². The fourth-order valence-corrected chi connectivity index (χ4v) is 2.65. The third kappa shape index (κ3) is 1.34. The van der Waals surface area contributed by atoms with Gasteiger partial charge in [-0.3, -0.25) is 4.79 Å². The first-order valence-electron chi connectivity index (χ1n) is 5.52. The molecule has 0 amide bonds. The molecule has 3 N–H and O–H groups in total. The maximum atomic E-state index is 11.0. The predicted octanol–water partition coefficient (Wildman–Crippen LogP) is 1.62. The number of aliphatic carboxylic acids is 1. The quantitative estimate of drug-likeness (QED) is 0.704. The summed E-state index contributed by atoms with van der Waals surface area (Å²) in [6.07, 6.45) is 5.68. The standard InChI is InChI=1S/C11H19NO2/c1-2-10(3-4-10)5-8-6-11(8,7-12)9(13)14/h8H,2-7,12H2,1H3,(H,13,14). The van der Waals surface area contributed by atoms with E-state index in [0.717, 1.165) is 12.8 Å². The van der Waals surface area contributed by atoms with Gasteiger partial charge in [0, 0.05) is 6.54 Å². The number of carbonyl (C=O) groups is 1. The molecule has 0 aliphatic heterocycles. The van der Waals surface area contributed by atoms with Gasteiger partial charge in [0.25, 0.3) is 0 Å². The first-order chi connectivity index (χ1) is 6.58. The minimum absolute atomic E-state index is 0.312. The van der Waals surface area contributed by atoms with E-state index in [9.17, 15) is 4.79 Å². The van der Waals surface area contributed by atoms with Gasteiger partial charge in [-0.05, 0) is 37.0 Å². The Morgan fingerprint density at radius 2 is 2.21 bits per heavy atom. The molecule has 2 unspecified atom stereocenters. The number of hydrogen-bond acceptors (Lipinski definition) is 2. The molecule has 0 spiro atoms. The summed E-state index contributed by atoms with van der Waals surface area (Å²) in [5, 5.41) is 9.08. The Morgan fingerprint density at radius 1 is 1.57 bits per heavy atom. The van der Waals surface area contributed by atoms with Gasteiger partial charge in [0.2, 0.25) is 0 Å². The average molecular weight is 197 g/mol. The smallest absolute Gasteiger partial charge is 0.311 e. The second-order valence-electron chi connectivity index (χ2n) is 5.12. The van der Waals surface area contributed by atoms with Crippen molar-refractivity contribution >= 4 is 5.97 Å². The number of hydrogen-bond donors (Lipinski definition) is 2. The van der Waals surface area contributed by atoms with Crippen LogP contribution in [-0.2, 0) is 4.79 Å². The molecular weight excluding hydrogens is 178 g/mol. The van der Waals surface area contributed by atoms with Crippen LogP contribution in [-0.4, -0.2) is 17.6 Å². The molecule has 0 aromatic heterocycles. The summed E-state index contributed by atoms with van der Waals surface area (Å²) in [6, 6.07) is 0. The van der Waals surface area contributed by atoms with Gasteiger partial charge in [0.1, 0.15) is 0 Å². The molecule has 80 valence electrons. The lowest BCUT2D eigenvalue weighted by Crippen LogP contribution is -2.27. The Balaban J connectivity index is 1.94. The monoisotopic (exact) mass is 197 g/mol. The summed E-state index contributed by atoms with van der Waals surface area (Å²) in [7, 11) is 0. The van der Waals surface area contributed by atoms with E-state index in [1.165, 1.54) is 19.3 Å². The fourth-order valence-electron chi connectivity index (χ4n) is 2.65. The number of nitrogens with two attached hydrogens (primary N) is 1. The number of carboxylic acids is 1. The van der Waals surface area contributed by atoms with Gasteiger partial charge in [-0.25, -0.2) is 0 Å². The van der Waals surface area contributed by atoms with Gasteiger partial charge in [-0.1, -0.05) is 13.3 Å². The topological polar surface area (TPSA) is 63.3 Å². The second kappa shape index (κ2) is 2.96. The number of rotatable bonds is 5. The normalized spacial score (nSPS) is 38.0. The van der Waals surface area contributed by atoms with Crippen molar-refractivity contribution in [1.82, 2.24) is 0 Å². The van der Waals surface area contributed by atoms with Crippen LogP contribution < -0.4 is 5.73 Å². The molecule has 0 heterocycles. The molecule has 0 aromatic carbocycles. The van der Waals surface area contributed by atoms with Crippen LogP contribution in [0.3, 0.4) is 0 Å². The highest BCUT2D eigenvalue weighted by atomic mass is 16.4. The van der Waals surface area contributed by atoms with Crippen LogP contribution in [0.25, 0.3) is 0 Å². The van der Waals surface area contributed by atoms with Crippen LogP contribution in [0.2, 0.25) is 0 Å². The second-order valence-corrected chi connectivity index (χ2v) is 5.12. The van der Waals surface area contributed by atoms with Crippen molar-refractivity contribution in [2.75, 3.05) is 6.54 Å². The molecule has 3 nitrogen and oxygen atoms in total. The highest BCUT2D eigenvalue weighted by Crippen LogP contribution is 2.63. The zero-order valence-corrected chi connectivity index (χ0v) is 8.75. The molecule has 0 aromatic rings. The lowest BCUT2D eigenvalue weighted by molar-refractivity contribution is -0.143. The van der Waals surface area contributed by atoms with Gasteiger partial charge in [0.15, 0.2) is 0 Å². The van der Waals surface area contributed by atoms with Gasteiger partial charge >= 0.3 is 5.97 Å². The van der Waals surface area contributed by atoms with Gasteiger partial charge in [-0.2, -0.15) is 0 Å². The van der Waals surface area contributed by atoms with Gasteiger partial charge < -0.3 is 10.8 Å². The Labute approximate surface area is 84.7 Å². The molecule has 2 aliphatic rings. The summed E-state index contributed by atoms with van der Waals surface area (Å²) < 4.78 is 0. The summed E-state index contributed by atoms with van der Waals surface area (Å²) in [6.45, 7) is 2.52. The Hall–Kier alpha value is -0.570. The van der Waals surface area contributed by atoms with E-state index in [1.807, 2.05) is 0 Å². The molecular formula is C11H19NO2. The molecule has 0 saturated heterocycles. The van der Waals surface area contributed by atoms with Crippen molar-refractivity contribution in [3.05, 3.63) is 0 Å². The fraction of sp³-hybridized carbons (Fsp3) is 0.909. The third-order valence-electron chi connectivity index (χ3n) is 4.41. The lowest BCUT2D eigenvalue weighted by atomic mass is 9.92. The zero-order valence-electron chi connectivity index (χ0n) is 8.75. The molecule has 2 atom stereocenters. The largest absolute Gasteiger partial charge is 0.481 e. The summed E-state index contributed by atoms with van der Waals surface area (Å²) in [4.78, 5) is 11.0. The van der Waals surface area contributed by atoms with E-state index >= 15 is 0 Å². The van der Waals surface area contributed by atoms with E-state index in [2.05, 4.69) is 6.92 Å². The van der Waals surface area contributed by atoms with E-state index in [1.54, 1.807) is 0 Å². The first-order valence-corrected chi connectivity index (χ1v) is 5.52. The van der Waals surface area contributed by atoms with Gasteiger partial charge in [0.05, 0.1) is 5.41 Å². The third-order valence-corrected chi connectivity index (χ3v) is 4.41. The van der Waals surface area contributed by atoms with Crippen LogP contribution in [0.1, 0.15) is 39.0 Å². The highest BCUT2D eigenvalue weighted by molar-refractivity contribution is 5.79. The molecule has 0 radical (unpaired) electrons. The van der Waals surface area contributed by atoms with Crippen LogP contribution >= 0.6 is 0 Å². The lowest BCUT2D eigenvalue weighted by Gasteiger charge is -2.14. The SMILES string of the molecule is CCC1(CC2CC2(CN)C(=O)O)CC1. The van der Waals surface area contributed by atoms with Crippen molar-refractivity contribution in [3.8, 4) is 0 Å². The highest BCUT2D eigenvalue weighted by Gasteiger charge is 2.62. The summed E-state index contributed by atoms with van der Waals surface area (Å²) in [5.41, 5.74) is 5.51. The molecule has 2 aliphatic carbocycles. The van der Waals surface area contributed by atoms with Crippen molar-refractivity contribution < 1.29 is 9.90 Å². The Morgan fingerprint density at radius 3 is 2.50 bits per heavy atom. The van der Waals surface area contributed by atoms with Crippen LogP contribution in [0, 0.1) is 16.7 Å². The molecule has 14 heavy (non-hydrogen) atoms. The predicted molar refractivity (Wildman–Crippen MR) is 53.8 cm³/mol. The minimum atomic E-state index is -0.683. The van der Waals surface area contributed by atoms with E-state index < -0.39 is 11.4 Å². The Bertz CT molecular complexity index is 260. The molecule has 3 heteroatoms. The molecule has 0 bridgehead atoms. The summed E-state index contributed by atoms with van der Waals surface area (Å²) >= 11 is 0. The maximum absolute atomic E-state index is 11.0. The van der Waals surface area contributed by atoms with E-state index in [0.29, 0.717) is 17.9 Å². The number of carboxylic acid groups (broad SMARTS) is 1. The van der Waals surface area contributed by atoms with E-state index in [4.69, 9.17) is 10.8 Å². The molecule has 2 rings (SSSR count). The first kappa shape index (κ1) is 9.97. The van der Waals surface area contributed by atoms with Crippen molar-refractivity contribution in [3.63, 3.8) is 0 Å². The van der Waals surface area contributed by atoms with E-state index in [-0.39, 0.29) is 0 Å². The van der Waals surface area contributed by atoms with Crippen molar-refractivity contribution in [2.45, 2.75) is 39.0 Å². The van der Waals surface area contributed by atoms with Gasteiger partial charge in [-0.15, -0.1) is 0 Å². The summed E-state index contributed by atoms with van der Waals surface area (Å²) in [5.74, 6) is -0.329. The molecule has 2 saturated carbocycles. The maximum Gasteiger partial charge on any atom is 0.311 e. The minimum Gasteiger partial charge on any atom is -0.481 e. The van der Waals surface area contributed by atoms with Crippen LogP contribution in [0.15, 0.2) is 0 Å². The van der Waals surface area contributed by atoms with Crippen molar-refractivity contribution in [2.24, 2.45) is 22.5 Å². The Kier molecular flexibility index (Phi) is 2.11. The zero-order chi connectivity index (χ0) is 10.4.